The molecule has 0 radical (unpaired) electrons. The second-order valence-corrected chi connectivity index (χ2v) is 13.0. The summed E-state index contributed by atoms with van der Waals surface area (Å²) < 4.78 is 24.5. The molecule has 204 valence electrons. The van der Waals surface area contributed by atoms with E-state index in [0.29, 0.717) is 35.7 Å². The lowest BCUT2D eigenvalue weighted by atomic mass is 10.1. The summed E-state index contributed by atoms with van der Waals surface area (Å²) in [4.78, 5) is 24.6. The number of nitrogens with one attached hydrogen (secondary N) is 1. The maximum absolute atomic E-state index is 13.8. The van der Waals surface area contributed by atoms with Gasteiger partial charge in [0.15, 0.2) is 10.6 Å². The summed E-state index contributed by atoms with van der Waals surface area (Å²) in [5.41, 5.74) is 2.36. The molecular weight excluding hydrogens is 512 g/mol. The highest BCUT2D eigenvalue weighted by atomic mass is 32.2. The summed E-state index contributed by atoms with van der Waals surface area (Å²) in [6.45, 7) is 4.20. The minimum absolute atomic E-state index is 0.190. The normalized spacial score (nSPS) is 21.4. The van der Waals surface area contributed by atoms with E-state index in [0.717, 1.165) is 49.3 Å². The Balaban J connectivity index is 1.28. The fourth-order valence-corrected chi connectivity index (χ4v) is 8.08. The SMILES string of the molecule is C[C@H]1COCCN1c1cc(C2([SH+](=O)C3CCCC3)CC2)nc(-c2ccc(NC(=O)Oc3ccccc3)cc2)n1. The second kappa shape index (κ2) is 11.1. The van der Waals surface area contributed by atoms with Gasteiger partial charge in [0.05, 0.1) is 30.1 Å². The average Bonchev–Trinajstić information content (AvgIpc) is 3.59. The lowest BCUT2D eigenvalue weighted by molar-refractivity contribution is 0.0985. The number of benzene rings is 2. The van der Waals surface area contributed by atoms with Crippen LogP contribution in [0.4, 0.5) is 16.3 Å². The molecule has 6 rings (SSSR count). The fourth-order valence-electron chi connectivity index (χ4n) is 5.65. The third kappa shape index (κ3) is 5.56. The van der Waals surface area contributed by atoms with Gasteiger partial charge in [0.2, 0.25) is 0 Å². The molecule has 0 bridgehead atoms. The predicted molar refractivity (Wildman–Crippen MR) is 154 cm³/mol. The van der Waals surface area contributed by atoms with Crippen LogP contribution in [0.15, 0.2) is 60.7 Å². The number of carbonyl (C=O) groups excluding carboxylic acids is 1. The molecule has 3 aliphatic rings. The Morgan fingerprint density at radius 1 is 1.08 bits per heavy atom. The third-order valence-electron chi connectivity index (χ3n) is 8.00. The summed E-state index contributed by atoms with van der Waals surface area (Å²) in [5, 5.41) is 3.07. The van der Waals surface area contributed by atoms with Gasteiger partial charge in [0.1, 0.15) is 22.5 Å². The number of aromatic nitrogens is 2. The summed E-state index contributed by atoms with van der Waals surface area (Å²) in [5.74, 6) is 1.95. The van der Waals surface area contributed by atoms with Gasteiger partial charge in [-0.1, -0.05) is 18.2 Å². The number of rotatable bonds is 7. The first kappa shape index (κ1) is 26.0. The van der Waals surface area contributed by atoms with Crippen LogP contribution in [0.5, 0.6) is 5.75 Å². The van der Waals surface area contributed by atoms with Crippen LogP contribution in [0.25, 0.3) is 11.4 Å². The van der Waals surface area contributed by atoms with Gasteiger partial charge in [-0.05, 0) is 69.0 Å². The van der Waals surface area contributed by atoms with E-state index in [1.165, 1.54) is 12.8 Å². The third-order valence-corrected chi connectivity index (χ3v) is 10.7. The van der Waals surface area contributed by atoms with Crippen LogP contribution >= 0.6 is 0 Å². The van der Waals surface area contributed by atoms with Crippen molar-refractivity contribution >= 4 is 28.4 Å². The maximum Gasteiger partial charge on any atom is 0.417 e. The molecule has 2 aromatic carbocycles. The first-order chi connectivity index (χ1) is 19.0. The van der Waals surface area contributed by atoms with E-state index in [1.54, 1.807) is 12.1 Å². The van der Waals surface area contributed by atoms with Crippen molar-refractivity contribution < 1.29 is 18.5 Å². The van der Waals surface area contributed by atoms with Gasteiger partial charge >= 0.3 is 6.09 Å². The number of ether oxygens (including phenoxy) is 2. The molecular formula is C30H35N4O4S+. The Hall–Kier alpha value is -3.30. The average molecular weight is 548 g/mol. The zero-order valence-electron chi connectivity index (χ0n) is 22.2. The van der Waals surface area contributed by atoms with Gasteiger partial charge < -0.3 is 14.4 Å². The largest absolute Gasteiger partial charge is 0.417 e. The van der Waals surface area contributed by atoms with Crippen LogP contribution < -0.4 is 15.0 Å². The molecule has 3 aromatic rings. The van der Waals surface area contributed by atoms with Gasteiger partial charge in [-0.3, -0.25) is 5.32 Å². The van der Waals surface area contributed by atoms with Crippen LogP contribution in [0, 0.1) is 0 Å². The molecule has 1 unspecified atom stereocenters. The molecule has 0 spiro atoms. The zero-order valence-corrected chi connectivity index (χ0v) is 23.1. The van der Waals surface area contributed by atoms with E-state index in [2.05, 4.69) is 23.2 Å². The van der Waals surface area contributed by atoms with E-state index >= 15 is 0 Å². The lowest BCUT2D eigenvalue weighted by Gasteiger charge is -2.34. The Morgan fingerprint density at radius 2 is 1.82 bits per heavy atom. The minimum atomic E-state index is -1.39. The van der Waals surface area contributed by atoms with E-state index in [1.807, 2.05) is 42.5 Å². The number of hydrogen-bond acceptors (Lipinski definition) is 7. The quantitative estimate of drug-likeness (QED) is 0.304. The summed E-state index contributed by atoms with van der Waals surface area (Å²) in [6, 6.07) is 18.7. The first-order valence-electron chi connectivity index (χ1n) is 13.9. The molecule has 1 N–H and O–H groups in total. The van der Waals surface area contributed by atoms with Gasteiger partial charge in [0.25, 0.3) is 0 Å². The molecule has 2 heterocycles. The number of para-hydroxylation sites is 1. The fraction of sp³-hybridized carbons (Fsp3) is 0.433. The van der Waals surface area contributed by atoms with Crippen molar-refractivity contribution in [3.8, 4) is 17.1 Å². The minimum Gasteiger partial charge on any atom is -0.410 e. The molecule has 1 aromatic heterocycles. The van der Waals surface area contributed by atoms with E-state index in [4.69, 9.17) is 19.4 Å². The molecule has 2 saturated carbocycles. The van der Waals surface area contributed by atoms with Crippen molar-refractivity contribution in [3.05, 3.63) is 66.4 Å². The zero-order chi connectivity index (χ0) is 26.8. The number of amides is 1. The van der Waals surface area contributed by atoms with Crippen LogP contribution in [-0.2, 0) is 24.5 Å². The lowest BCUT2D eigenvalue weighted by Crippen LogP contribution is -2.44. The molecule has 1 aliphatic heterocycles. The van der Waals surface area contributed by atoms with Crippen LogP contribution in [0.1, 0.15) is 51.1 Å². The maximum atomic E-state index is 13.8. The highest BCUT2D eigenvalue weighted by Gasteiger charge is 2.59. The van der Waals surface area contributed by atoms with Crippen molar-refractivity contribution in [1.82, 2.24) is 9.97 Å². The molecule has 3 fully saturated rings. The topological polar surface area (TPSA) is 93.7 Å². The molecule has 9 heteroatoms. The second-order valence-electron chi connectivity index (χ2n) is 10.8. The molecule has 1 saturated heterocycles. The number of hydrogen-bond donors (Lipinski definition) is 1. The van der Waals surface area contributed by atoms with Crippen molar-refractivity contribution in [1.29, 1.82) is 0 Å². The predicted octanol–water partition coefficient (Wildman–Crippen LogP) is 5.61. The number of thiol groups is 1. The van der Waals surface area contributed by atoms with Crippen LogP contribution in [-0.4, -0.2) is 47.1 Å². The Bertz CT molecular complexity index is 1340. The van der Waals surface area contributed by atoms with Crippen molar-refractivity contribution in [2.24, 2.45) is 0 Å². The molecule has 8 nitrogen and oxygen atoms in total. The first-order valence-corrected chi connectivity index (χ1v) is 15.2. The van der Waals surface area contributed by atoms with Crippen LogP contribution in [0.3, 0.4) is 0 Å². The van der Waals surface area contributed by atoms with Gasteiger partial charge in [-0.2, -0.15) is 0 Å². The Labute approximate surface area is 231 Å². The summed E-state index contributed by atoms with van der Waals surface area (Å²) in [7, 11) is -1.39. The van der Waals surface area contributed by atoms with Crippen molar-refractivity contribution in [2.75, 3.05) is 30.0 Å². The Kier molecular flexibility index (Phi) is 7.36. The molecule has 39 heavy (non-hydrogen) atoms. The van der Waals surface area contributed by atoms with Crippen molar-refractivity contribution in [3.63, 3.8) is 0 Å². The number of anilines is 2. The summed E-state index contributed by atoms with van der Waals surface area (Å²) in [6.07, 6.45) is 5.74. The Morgan fingerprint density at radius 3 is 2.51 bits per heavy atom. The standard InChI is InChI=1S/C30H34N4O4S/c1-21-20-37-18-17-34(21)27-19-26(30(15-16-30)39(36)25-9-5-6-10-25)32-28(33-27)22-11-13-23(14-12-22)31-29(35)38-24-7-3-2-4-8-24/h2-4,7-8,11-14,19,21,25H,5-6,9-10,15-18,20H2,1H3,(H,31,35)/p+1/t21-,39?/m0/s1. The van der Waals surface area contributed by atoms with E-state index in [-0.39, 0.29) is 10.8 Å². The van der Waals surface area contributed by atoms with Gasteiger partial charge in [-0.25, -0.2) is 14.8 Å². The van der Waals surface area contributed by atoms with E-state index < -0.39 is 16.9 Å². The highest BCUT2D eigenvalue weighted by molar-refractivity contribution is 7.86. The van der Waals surface area contributed by atoms with Crippen molar-refractivity contribution in [2.45, 2.75) is 61.5 Å². The number of morpholine rings is 1. The molecule has 1 amide bonds. The highest BCUT2D eigenvalue weighted by Crippen LogP contribution is 2.54. The number of nitrogens with zero attached hydrogens (tertiary/aromatic N) is 3. The smallest absolute Gasteiger partial charge is 0.410 e. The number of carbonyl (C=O) groups is 1. The van der Waals surface area contributed by atoms with E-state index in [9.17, 15) is 9.00 Å². The van der Waals surface area contributed by atoms with Gasteiger partial charge in [0, 0.05) is 36.7 Å². The molecule has 2 aliphatic carbocycles. The monoisotopic (exact) mass is 547 g/mol. The summed E-state index contributed by atoms with van der Waals surface area (Å²) >= 11 is 0. The molecule has 2 atom stereocenters. The van der Waals surface area contributed by atoms with Crippen LogP contribution in [0.2, 0.25) is 0 Å². The van der Waals surface area contributed by atoms with Gasteiger partial charge in [-0.15, -0.1) is 4.21 Å².